The lowest BCUT2D eigenvalue weighted by molar-refractivity contribution is 0.242. The van der Waals surface area contributed by atoms with E-state index in [1.165, 1.54) is 0 Å². The number of rotatable bonds is 7. The van der Waals surface area contributed by atoms with E-state index in [4.69, 9.17) is 9.26 Å². The molecule has 2 aromatic rings. The van der Waals surface area contributed by atoms with E-state index in [0.717, 1.165) is 28.9 Å². The van der Waals surface area contributed by atoms with E-state index < -0.39 is 0 Å². The first kappa shape index (κ1) is 16.0. The topological polar surface area (TPSA) is 60.2 Å². The van der Waals surface area contributed by atoms with Crippen LogP contribution in [0, 0.1) is 12.8 Å². The Balaban J connectivity index is 1.94. The van der Waals surface area contributed by atoms with Gasteiger partial charge in [0.1, 0.15) is 5.75 Å². The summed E-state index contributed by atoms with van der Waals surface area (Å²) in [4.78, 5) is 4.11. The van der Waals surface area contributed by atoms with Crippen LogP contribution in [0.25, 0.3) is 0 Å². The molecular formula is C15H20BrN3O2. The number of halogens is 1. The first-order valence-electron chi connectivity index (χ1n) is 6.95. The van der Waals surface area contributed by atoms with Gasteiger partial charge in [0.15, 0.2) is 12.4 Å². The highest BCUT2D eigenvalue weighted by atomic mass is 79.9. The van der Waals surface area contributed by atoms with Crippen molar-refractivity contribution in [1.29, 1.82) is 0 Å². The van der Waals surface area contributed by atoms with Crippen molar-refractivity contribution in [2.24, 2.45) is 5.92 Å². The molecule has 114 valence electrons. The van der Waals surface area contributed by atoms with E-state index in [0.29, 0.717) is 17.6 Å². The van der Waals surface area contributed by atoms with Crippen molar-refractivity contribution in [1.82, 2.24) is 15.5 Å². The Bertz CT molecular complexity index is 584. The summed E-state index contributed by atoms with van der Waals surface area (Å²) in [6.45, 7) is 8.23. The maximum atomic E-state index is 5.68. The minimum atomic E-state index is 0.279. The summed E-state index contributed by atoms with van der Waals surface area (Å²) in [6, 6.07) is 5.92. The van der Waals surface area contributed by atoms with Crippen LogP contribution in [-0.4, -0.2) is 16.7 Å². The van der Waals surface area contributed by atoms with Crippen LogP contribution in [0.3, 0.4) is 0 Å². The molecule has 1 heterocycles. The van der Waals surface area contributed by atoms with Crippen molar-refractivity contribution >= 4 is 15.9 Å². The predicted molar refractivity (Wildman–Crippen MR) is 84.1 cm³/mol. The maximum Gasteiger partial charge on any atom is 0.264 e. The molecule has 0 amide bonds. The van der Waals surface area contributed by atoms with Crippen molar-refractivity contribution in [2.45, 2.75) is 33.9 Å². The molecule has 0 aliphatic carbocycles. The van der Waals surface area contributed by atoms with Crippen molar-refractivity contribution in [3.05, 3.63) is 40.0 Å². The highest BCUT2D eigenvalue weighted by Crippen LogP contribution is 2.23. The van der Waals surface area contributed by atoms with Gasteiger partial charge in [0.05, 0.1) is 0 Å². The molecule has 0 atom stereocenters. The fraction of sp³-hybridized carbons (Fsp3) is 0.467. The first-order chi connectivity index (χ1) is 10.0. The number of nitrogens with zero attached hydrogens (tertiary/aromatic N) is 2. The van der Waals surface area contributed by atoms with Gasteiger partial charge in [-0.15, -0.1) is 0 Å². The van der Waals surface area contributed by atoms with Gasteiger partial charge < -0.3 is 14.6 Å². The van der Waals surface area contributed by atoms with Gasteiger partial charge >= 0.3 is 0 Å². The largest absolute Gasteiger partial charge is 0.484 e. The van der Waals surface area contributed by atoms with Crippen LogP contribution >= 0.6 is 15.9 Å². The van der Waals surface area contributed by atoms with Crippen LogP contribution in [0.1, 0.15) is 31.1 Å². The number of aromatic nitrogens is 2. The van der Waals surface area contributed by atoms with Gasteiger partial charge in [-0.05, 0) is 43.1 Å². The molecule has 0 saturated carbocycles. The molecule has 0 radical (unpaired) electrons. The van der Waals surface area contributed by atoms with Crippen LogP contribution in [0.2, 0.25) is 0 Å². The lowest BCUT2D eigenvalue weighted by Gasteiger charge is -2.11. The zero-order valence-corrected chi connectivity index (χ0v) is 14.1. The van der Waals surface area contributed by atoms with E-state index in [9.17, 15) is 0 Å². The molecule has 21 heavy (non-hydrogen) atoms. The van der Waals surface area contributed by atoms with Crippen LogP contribution < -0.4 is 10.1 Å². The van der Waals surface area contributed by atoms with Crippen LogP contribution in [0.4, 0.5) is 0 Å². The fourth-order valence-corrected chi connectivity index (χ4v) is 2.20. The summed E-state index contributed by atoms with van der Waals surface area (Å²) in [7, 11) is 0. The summed E-state index contributed by atoms with van der Waals surface area (Å²) < 4.78 is 11.8. The van der Waals surface area contributed by atoms with E-state index in [1.807, 2.05) is 18.2 Å². The minimum absolute atomic E-state index is 0.279. The predicted octanol–water partition coefficient (Wildman–Crippen LogP) is 3.47. The summed E-state index contributed by atoms with van der Waals surface area (Å²) >= 11 is 3.56. The van der Waals surface area contributed by atoms with Crippen LogP contribution in [0.5, 0.6) is 5.75 Å². The first-order valence-corrected chi connectivity index (χ1v) is 7.75. The van der Waals surface area contributed by atoms with Gasteiger partial charge in [0.25, 0.3) is 5.89 Å². The van der Waals surface area contributed by atoms with Gasteiger partial charge in [0.2, 0.25) is 0 Å². The molecule has 0 fully saturated rings. The molecular weight excluding hydrogens is 334 g/mol. The zero-order valence-electron chi connectivity index (χ0n) is 12.5. The number of benzene rings is 1. The maximum absolute atomic E-state index is 5.68. The lowest BCUT2D eigenvalue weighted by Crippen LogP contribution is -2.19. The highest BCUT2D eigenvalue weighted by molar-refractivity contribution is 9.10. The second-order valence-corrected chi connectivity index (χ2v) is 6.16. The molecule has 1 aromatic carbocycles. The Kier molecular flexibility index (Phi) is 5.76. The average molecular weight is 354 g/mol. The molecule has 0 saturated heterocycles. The summed E-state index contributed by atoms with van der Waals surface area (Å²) in [5, 5.41) is 7.15. The van der Waals surface area contributed by atoms with E-state index >= 15 is 0 Å². The Labute approximate surface area is 133 Å². The van der Waals surface area contributed by atoms with Gasteiger partial charge in [-0.1, -0.05) is 34.9 Å². The average Bonchev–Trinajstić information content (AvgIpc) is 2.85. The van der Waals surface area contributed by atoms with E-state index in [2.05, 4.69) is 45.2 Å². The fourth-order valence-electron chi connectivity index (χ4n) is 1.82. The number of hydrogen-bond donors (Lipinski definition) is 1. The Hall–Kier alpha value is -1.40. The molecule has 1 N–H and O–H groups in total. The minimum Gasteiger partial charge on any atom is -0.484 e. The standard InChI is InChI=1S/C15H20BrN3O2/c1-10(2)7-17-8-12-6-13(4-5-14(12)16)20-9-15-18-11(3)19-21-15/h4-6,10,17H,7-9H2,1-3H3. The SMILES string of the molecule is Cc1noc(COc2ccc(Br)c(CNCC(C)C)c2)n1. The molecule has 5 nitrogen and oxygen atoms in total. The van der Waals surface area contributed by atoms with E-state index in [-0.39, 0.29) is 6.61 Å². The van der Waals surface area contributed by atoms with Crippen LogP contribution in [0.15, 0.2) is 27.2 Å². The second-order valence-electron chi connectivity index (χ2n) is 5.30. The number of nitrogens with one attached hydrogen (secondary N) is 1. The number of ether oxygens (including phenoxy) is 1. The van der Waals surface area contributed by atoms with Crippen molar-refractivity contribution < 1.29 is 9.26 Å². The molecule has 0 bridgehead atoms. The molecule has 0 unspecified atom stereocenters. The molecule has 1 aromatic heterocycles. The number of hydrogen-bond acceptors (Lipinski definition) is 5. The third-order valence-electron chi connectivity index (χ3n) is 2.82. The third kappa shape index (κ3) is 5.13. The van der Waals surface area contributed by atoms with Crippen molar-refractivity contribution in [3.8, 4) is 5.75 Å². The van der Waals surface area contributed by atoms with Gasteiger partial charge in [-0.3, -0.25) is 0 Å². The quantitative estimate of drug-likeness (QED) is 0.825. The molecule has 0 aliphatic rings. The molecule has 0 aliphatic heterocycles. The van der Waals surface area contributed by atoms with Gasteiger partial charge in [-0.25, -0.2) is 0 Å². The molecule has 0 spiro atoms. The zero-order chi connectivity index (χ0) is 15.2. The summed E-state index contributed by atoms with van der Waals surface area (Å²) in [5.74, 6) is 2.51. The van der Waals surface area contributed by atoms with Gasteiger partial charge in [-0.2, -0.15) is 4.98 Å². The molecule has 2 rings (SSSR count). The van der Waals surface area contributed by atoms with Crippen molar-refractivity contribution in [3.63, 3.8) is 0 Å². The summed E-state index contributed by atoms with van der Waals surface area (Å²) in [6.07, 6.45) is 0. The normalized spacial score (nSPS) is 11.1. The van der Waals surface area contributed by atoms with E-state index in [1.54, 1.807) is 6.92 Å². The summed E-state index contributed by atoms with van der Waals surface area (Å²) in [5.41, 5.74) is 1.16. The Morgan fingerprint density at radius 3 is 2.86 bits per heavy atom. The molecule has 6 heteroatoms. The smallest absolute Gasteiger partial charge is 0.264 e. The third-order valence-corrected chi connectivity index (χ3v) is 3.59. The lowest BCUT2D eigenvalue weighted by atomic mass is 10.2. The highest BCUT2D eigenvalue weighted by Gasteiger charge is 2.06. The Morgan fingerprint density at radius 2 is 2.19 bits per heavy atom. The van der Waals surface area contributed by atoms with Crippen LogP contribution in [-0.2, 0) is 13.2 Å². The monoisotopic (exact) mass is 353 g/mol. The second kappa shape index (κ2) is 7.56. The van der Waals surface area contributed by atoms with Crippen molar-refractivity contribution in [2.75, 3.05) is 6.54 Å². The Morgan fingerprint density at radius 1 is 1.38 bits per heavy atom. The van der Waals surface area contributed by atoms with Gasteiger partial charge in [0, 0.05) is 11.0 Å². The number of aryl methyl sites for hydroxylation is 1.